The van der Waals surface area contributed by atoms with Gasteiger partial charge in [-0.1, -0.05) is 19.1 Å². The maximum Gasteiger partial charge on any atom is 0.222 e. The molecule has 0 aliphatic heterocycles. The first kappa shape index (κ1) is 12.3. The molecule has 0 aromatic carbocycles. The highest BCUT2D eigenvalue weighted by Crippen LogP contribution is 2.17. The summed E-state index contributed by atoms with van der Waals surface area (Å²) in [6.45, 7) is 3.36. The Balaban J connectivity index is 2.05. The first-order valence-electron chi connectivity index (χ1n) is 5.62. The number of carbonyl (C=O) groups is 1. The Labute approximate surface area is 110 Å². The molecule has 2 aromatic rings. The molecule has 90 valence electrons. The Morgan fingerprint density at radius 3 is 2.00 bits per heavy atom. The highest BCUT2D eigenvalue weighted by molar-refractivity contribution is 7.10. The molecule has 0 N–H and O–H groups in total. The van der Waals surface area contributed by atoms with E-state index < -0.39 is 0 Å². The summed E-state index contributed by atoms with van der Waals surface area (Å²) in [4.78, 5) is 16.3. The number of rotatable bonds is 5. The van der Waals surface area contributed by atoms with Crippen LogP contribution in [0.15, 0.2) is 35.0 Å². The lowest BCUT2D eigenvalue weighted by molar-refractivity contribution is -0.132. The van der Waals surface area contributed by atoms with Gasteiger partial charge in [-0.25, -0.2) is 0 Å². The molecule has 0 aliphatic rings. The van der Waals surface area contributed by atoms with Crippen LogP contribution in [0, 0.1) is 0 Å². The number of hydrogen-bond donors (Lipinski definition) is 0. The summed E-state index contributed by atoms with van der Waals surface area (Å²) in [6, 6.07) is 8.21. The van der Waals surface area contributed by atoms with E-state index in [1.807, 2.05) is 24.0 Å². The third-order valence-corrected chi connectivity index (χ3v) is 4.23. The minimum atomic E-state index is 0.215. The Bertz CT molecular complexity index is 411. The molecule has 0 radical (unpaired) electrons. The van der Waals surface area contributed by atoms with Crippen LogP contribution in [0.4, 0.5) is 0 Å². The lowest BCUT2D eigenvalue weighted by Gasteiger charge is -2.20. The van der Waals surface area contributed by atoms with Crippen LogP contribution in [-0.4, -0.2) is 10.8 Å². The molecule has 0 aliphatic carbocycles. The van der Waals surface area contributed by atoms with Crippen LogP contribution in [-0.2, 0) is 17.9 Å². The third-order valence-electron chi connectivity index (χ3n) is 2.51. The number of amides is 1. The largest absolute Gasteiger partial charge is 0.332 e. The van der Waals surface area contributed by atoms with Crippen molar-refractivity contribution >= 4 is 28.6 Å². The fourth-order valence-corrected chi connectivity index (χ4v) is 3.08. The SMILES string of the molecule is CCC(=O)N(Cc1cccs1)Cc1cccs1. The molecule has 4 heteroatoms. The topological polar surface area (TPSA) is 20.3 Å². The van der Waals surface area contributed by atoms with Crippen molar-refractivity contribution in [3.8, 4) is 0 Å². The van der Waals surface area contributed by atoms with Gasteiger partial charge in [-0.05, 0) is 22.9 Å². The fraction of sp³-hybridized carbons (Fsp3) is 0.308. The van der Waals surface area contributed by atoms with Crippen LogP contribution < -0.4 is 0 Å². The van der Waals surface area contributed by atoms with E-state index in [4.69, 9.17) is 0 Å². The highest BCUT2D eigenvalue weighted by Gasteiger charge is 2.13. The van der Waals surface area contributed by atoms with E-state index >= 15 is 0 Å². The number of thiophene rings is 2. The van der Waals surface area contributed by atoms with E-state index in [-0.39, 0.29) is 5.91 Å². The van der Waals surface area contributed by atoms with Crippen LogP contribution in [0.25, 0.3) is 0 Å². The second-order valence-electron chi connectivity index (χ2n) is 3.76. The van der Waals surface area contributed by atoms with Gasteiger partial charge in [0.05, 0.1) is 13.1 Å². The number of nitrogens with zero attached hydrogens (tertiary/aromatic N) is 1. The maximum atomic E-state index is 11.9. The van der Waals surface area contributed by atoms with Crippen molar-refractivity contribution in [1.82, 2.24) is 4.90 Å². The van der Waals surface area contributed by atoms with Gasteiger partial charge in [0.15, 0.2) is 0 Å². The van der Waals surface area contributed by atoms with Crippen molar-refractivity contribution in [2.24, 2.45) is 0 Å². The first-order valence-corrected chi connectivity index (χ1v) is 7.38. The minimum absolute atomic E-state index is 0.215. The van der Waals surface area contributed by atoms with Crippen LogP contribution in [0.5, 0.6) is 0 Å². The van der Waals surface area contributed by atoms with Gasteiger partial charge in [-0.2, -0.15) is 0 Å². The molecular formula is C13H15NOS2. The molecule has 2 aromatic heterocycles. The van der Waals surface area contributed by atoms with Crippen molar-refractivity contribution in [3.05, 3.63) is 44.8 Å². The summed E-state index contributed by atoms with van der Waals surface area (Å²) in [5.74, 6) is 0.215. The van der Waals surface area contributed by atoms with Crippen molar-refractivity contribution < 1.29 is 4.79 Å². The van der Waals surface area contributed by atoms with Gasteiger partial charge in [-0.3, -0.25) is 4.79 Å². The quantitative estimate of drug-likeness (QED) is 0.806. The van der Waals surface area contributed by atoms with E-state index in [2.05, 4.69) is 22.9 Å². The monoisotopic (exact) mass is 265 g/mol. The molecular weight excluding hydrogens is 250 g/mol. The van der Waals surface area contributed by atoms with Gasteiger partial charge in [0.2, 0.25) is 5.91 Å². The molecule has 0 saturated heterocycles. The number of hydrogen-bond acceptors (Lipinski definition) is 3. The summed E-state index contributed by atoms with van der Waals surface area (Å²) in [6.07, 6.45) is 0.566. The molecule has 0 bridgehead atoms. The number of carbonyl (C=O) groups excluding carboxylic acids is 1. The van der Waals surface area contributed by atoms with Crippen molar-refractivity contribution in [3.63, 3.8) is 0 Å². The van der Waals surface area contributed by atoms with Crippen LogP contribution in [0.3, 0.4) is 0 Å². The van der Waals surface area contributed by atoms with Crippen LogP contribution in [0.1, 0.15) is 23.1 Å². The molecule has 0 unspecified atom stereocenters. The highest BCUT2D eigenvalue weighted by atomic mass is 32.1. The molecule has 2 heterocycles. The average Bonchev–Trinajstić information content (AvgIpc) is 3.00. The average molecular weight is 265 g/mol. The van der Waals surface area contributed by atoms with E-state index in [0.717, 1.165) is 13.1 Å². The normalized spacial score (nSPS) is 10.4. The van der Waals surface area contributed by atoms with Crippen molar-refractivity contribution in [2.45, 2.75) is 26.4 Å². The molecule has 0 atom stereocenters. The van der Waals surface area contributed by atoms with Gasteiger partial charge < -0.3 is 4.90 Å². The van der Waals surface area contributed by atoms with Gasteiger partial charge in [0.1, 0.15) is 0 Å². The van der Waals surface area contributed by atoms with Gasteiger partial charge >= 0.3 is 0 Å². The lowest BCUT2D eigenvalue weighted by atomic mass is 10.3. The van der Waals surface area contributed by atoms with Gasteiger partial charge in [0, 0.05) is 16.2 Å². The fourth-order valence-electron chi connectivity index (χ4n) is 1.64. The Morgan fingerprint density at radius 1 is 1.12 bits per heavy atom. The summed E-state index contributed by atoms with van der Waals surface area (Å²) in [7, 11) is 0. The summed E-state index contributed by atoms with van der Waals surface area (Å²) in [5.41, 5.74) is 0. The van der Waals surface area contributed by atoms with Gasteiger partial charge in [0.25, 0.3) is 0 Å². The smallest absolute Gasteiger partial charge is 0.222 e. The predicted molar refractivity (Wildman–Crippen MR) is 73.2 cm³/mol. The molecule has 0 spiro atoms. The van der Waals surface area contributed by atoms with E-state index in [1.165, 1.54) is 9.75 Å². The molecule has 0 fully saturated rings. The first-order chi connectivity index (χ1) is 8.29. The van der Waals surface area contributed by atoms with Crippen LogP contribution in [0.2, 0.25) is 0 Å². The Kier molecular flexibility index (Phi) is 4.34. The third kappa shape index (κ3) is 3.41. The van der Waals surface area contributed by atoms with E-state index in [9.17, 15) is 4.79 Å². The van der Waals surface area contributed by atoms with E-state index in [1.54, 1.807) is 22.7 Å². The second-order valence-corrected chi connectivity index (χ2v) is 5.83. The minimum Gasteiger partial charge on any atom is -0.332 e. The van der Waals surface area contributed by atoms with Crippen molar-refractivity contribution in [2.75, 3.05) is 0 Å². The zero-order valence-electron chi connectivity index (χ0n) is 9.76. The van der Waals surface area contributed by atoms with Crippen LogP contribution >= 0.6 is 22.7 Å². The standard InChI is InChI=1S/C13H15NOS2/c1-2-13(15)14(9-11-5-3-7-16-11)10-12-6-4-8-17-12/h3-8H,2,9-10H2,1H3. The van der Waals surface area contributed by atoms with E-state index in [0.29, 0.717) is 6.42 Å². The zero-order valence-corrected chi connectivity index (χ0v) is 11.4. The molecule has 2 rings (SSSR count). The van der Waals surface area contributed by atoms with Gasteiger partial charge in [-0.15, -0.1) is 22.7 Å². The Morgan fingerprint density at radius 2 is 1.65 bits per heavy atom. The summed E-state index contributed by atoms with van der Waals surface area (Å²) >= 11 is 3.40. The molecule has 17 heavy (non-hydrogen) atoms. The summed E-state index contributed by atoms with van der Waals surface area (Å²) < 4.78 is 0. The molecule has 1 amide bonds. The zero-order chi connectivity index (χ0) is 12.1. The lowest BCUT2D eigenvalue weighted by Crippen LogP contribution is -2.28. The second kappa shape index (κ2) is 5.98. The molecule has 0 saturated carbocycles. The molecule has 2 nitrogen and oxygen atoms in total. The predicted octanol–water partition coefficient (Wildman–Crippen LogP) is 3.75. The maximum absolute atomic E-state index is 11.9. The van der Waals surface area contributed by atoms with Crippen molar-refractivity contribution in [1.29, 1.82) is 0 Å². The Hall–Kier alpha value is -1.13. The summed E-state index contributed by atoms with van der Waals surface area (Å²) in [5, 5.41) is 4.10.